The van der Waals surface area contributed by atoms with Crippen LogP contribution in [-0.2, 0) is 6.54 Å². The Kier molecular flexibility index (Phi) is 4.15. The summed E-state index contributed by atoms with van der Waals surface area (Å²) in [6, 6.07) is 9.96. The van der Waals surface area contributed by atoms with Crippen LogP contribution < -0.4 is 10.5 Å². The largest absolute Gasteiger partial charge is 0.478 e. The Morgan fingerprint density at radius 2 is 2.06 bits per heavy atom. The van der Waals surface area contributed by atoms with Gasteiger partial charge in [0.2, 0.25) is 5.88 Å². The van der Waals surface area contributed by atoms with Crippen molar-refractivity contribution in [1.82, 2.24) is 4.98 Å². The van der Waals surface area contributed by atoms with Gasteiger partial charge in [-0.05, 0) is 24.0 Å². The van der Waals surface area contributed by atoms with Gasteiger partial charge in [0.25, 0.3) is 0 Å². The maximum atomic E-state index is 5.78. The van der Waals surface area contributed by atoms with E-state index in [0.717, 1.165) is 22.9 Å². The zero-order chi connectivity index (χ0) is 13.0. The van der Waals surface area contributed by atoms with Gasteiger partial charge in [0, 0.05) is 18.0 Å². The maximum absolute atomic E-state index is 5.78. The molecule has 0 bridgehead atoms. The fraction of sp³-hybridized carbons (Fsp3) is 0.400. The highest BCUT2D eigenvalue weighted by atomic mass is 16.5. The van der Waals surface area contributed by atoms with Crippen LogP contribution in [0.5, 0.6) is 5.88 Å². The van der Waals surface area contributed by atoms with Gasteiger partial charge in [-0.15, -0.1) is 0 Å². The second-order valence-electron chi connectivity index (χ2n) is 4.87. The molecule has 2 N–H and O–H groups in total. The summed E-state index contributed by atoms with van der Waals surface area (Å²) in [6.07, 6.45) is 1.03. The van der Waals surface area contributed by atoms with Crippen molar-refractivity contribution in [2.24, 2.45) is 11.7 Å². The average molecular weight is 244 g/mol. The molecular weight excluding hydrogens is 224 g/mol. The first-order chi connectivity index (χ1) is 8.70. The van der Waals surface area contributed by atoms with Gasteiger partial charge in [-0.3, -0.25) is 0 Å². The molecule has 96 valence electrons. The molecule has 0 atom stereocenters. The van der Waals surface area contributed by atoms with E-state index in [2.05, 4.69) is 18.8 Å². The van der Waals surface area contributed by atoms with E-state index in [1.807, 2.05) is 30.3 Å². The number of aromatic nitrogens is 1. The van der Waals surface area contributed by atoms with E-state index in [-0.39, 0.29) is 0 Å². The minimum absolute atomic E-state index is 0.504. The van der Waals surface area contributed by atoms with E-state index in [1.54, 1.807) is 0 Å². The lowest BCUT2D eigenvalue weighted by molar-refractivity contribution is 0.280. The van der Waals surface area contributed by atoms with Crippen molar-refractivity contribution in [1.29, 1.82) is 0 Å². The molecule has 0 unspecified atom stereocenters. The molecule has 0 fully saturated rings. The van der Waals surface area contributed by atoms with Gasteiger partial charge in [-0.2, -0.15) is 0 Å². The van der Waals surface area contributed by atoms with Gasteiger partial charge >= 0.3 is 0 Å². The Morgan fingerprint density at radius 1 is 1.28 bits per heavy atom. The molecule has 0 aliphatic carbocycles. The number of ether oxygens (including phenoxy) is 1. The lowest BCUT2D eigenvalue weighted by atomic mass is 10.1. The summed E-state index contributed by atoms with van der Waals surface area (Å²) in [6.45, 7) is 5.57. The fourth-order valence-corrected chi connectivity index (χ4v) is 1.86. The summed E-state index contributed by atoms with van der Waals surface area (Å²) in [5.74, 6) is 1.31. The molecule has 3 heteroatoms. The molecular formula is C15H20N2O. The second-order valence-corrected chi connectivity index (χ2v) is 4.87. The highest BCUT2D eigenvalue weighted by Gasteiger charge is 2.05. The van der Waals surface area contributed by atoms with Crippen molar-refractivity contribution < 1.29 is 4.74 Å². The number of benzene rings is 1. The number of pyridine rings is 1. The second kappa shape index (κ2) is 5.83. The van der Waals surface area contributed by atoms with Crippen LogP contribution in [0.25, 0.3) is 10.9 Å². The zero-order valence-electron chi connectivity index (χ0n) is 11.0. The van der Waals surface area contributed by atoms with Crippen LogP contribution in [0.4, 0.5) is 0 Å². The number of hydrogen-bond donors (Lipinski definition) is 1. The van der Waals surface area contributed by atoms with E-state index >= 15 is 0 Å². The predicted molar refractivity (Wildman–Crippen MR) is 74.6 cm³/mol. The molecule has 0 radical (unpaired) electrons. The van der Waals surface area contributed by atoms with Crippen LogP contribution in [0.2, 0.25) is 0 Å². The number of hydrogen-bond acceptors (Lipinski definition) is 3. The molecule has 2 aromatic rings. The Bertz CT molecular complexity index is 523. The van der Waals surface area contributed by atoms with Crippen LogP contribution in [0.15, 0.2) is 30.3 Å². The van der Waals surface area contributed by atoms with Crippen LogP contribution in [-0.4, -0.2) is 11.6 Å². The number of nitrogens with two attached hydrogens (primary N) is 1. The third-order valence-electron chi connectivity index (χ3n) is 2.94. The molecule has 1 heterocycles. The van der Waals surface area contributed by atoms with Gasteiger partial charge in [0.05, 0.1) is 12.1 Å². The fourth-order valence-electron chi connectivity index (χ4n) is 1.86. The Balaban J connectivity index is 2.24. The van der Waals surface area contributed by atoms with Crippen molar-refractivity contribution in [2.75, 3.05) is 6.61 Å². The number of nitrogens with zero attached hydrogens (tertiary/aromatic N) is 1. The van der Waals surface area contributed by atoms with Crippen molar-refractivity contribution in [3.63, 3.8) is 0 Å². The molecule has 0 saturated heterocycles. The molecule has 0 spiro atoms. The smallest absolute Gasteiger partial charge is 0.214 e. The van der Waals surface area contributed by atoms with E-state index in [1.165, 1.54) is 0 Å². The summed E-state index contributed by atoms with van der Waals surface area (Å²) in [7, 11) is 0. The zero-order valence-corrected chi connectivity index (χ0v) is 11.0. The van der Waals surface area contributed by atoms with Gasteiger partial charge in [-0.1, -0.05) is 32.0 Å². The maximum Gasteiger partial charge on any atom is 0.214 e. The molecule has 18 heavy (non-hydrogen) atoms. The summed E-state index contributed by atoms with van der Waals surface area (Å²) < 4.78 is 5.70. The van der Waals surface area contributed by atoms with E-state index in [0.29, 0.717) is 24.9 Å². The summed E-state index contributed by atoms with van der Waals surface area (Å²) in [5, 5.41) is 1.11. The van der Waals surface area contributed by atoms with E-state index in [4.69, 9.17) is 10.5 Å². The molecule has 1 aromatic carbocycles. The summed E-state index contributed by atoms with van der Waals surface area (Å²) >= 11 is 0. The Labute approximate surface area is 108 Å². The molecule has 2 rings (SSSR count). The minimum atomic E-state index is 0.504. The van der Waals surface area contributed by atoms with Crippen molar-refractivity contribution in [3.8, 4) is 5.88 Å². The van der Waals surface area contributed by atoms with Gasteiger partial charge in [-0.25, -0.2) is 4.98 Å². The normalized spacial score (nSPS) is 11.1. The van der Waals surface area contributed by atoms with Gasteiger partial charge < -0.3 is 10.5 Å². The topological polar surface area (TPSA) is 48.1 Å². The first-order valence-electron chi connectivity index (χ1n) is 6.42. The monoisotopic (exact) mass is 244 g/mol. The quantitative estimate of drug-likeness (QED) is 0.879. The summed E-state index contributed by atoms with van der Waals surface area (Å²) in [4.78, 5) is 4.50. The Hall–Kier alpha value is -1.61. The third kappa shape index (κ3) is 2.99. The molecule has 0 aliphatic rings. The summed E-state index contributed by atoms with van der Waals surface area (Å²) in [5.41, 5.74) is 7.81. The van der Waals surface area contributed by atoms with Gasteiger partial charge in [0.15, 0.2) is 0 Å². The standard InChI is InChI=1S/C15H20N2O/c1-11(2)7-8-18-15-9-12(10-16)13-5-3-4-6-14(13)17-15/h3-6,9,11H,7-8,10,16H2,1-2H3. The molecule has 3 nitrogen and oxygen atoms in total. The lowest BCUT2D eigenvalue weighted by Crippen LogP contribution is -2.05. The van der Waals surface area contributed by atoms with Crippen LogP contribution >= 0.6 is 0 Å². The lowest BCUT2D eigenvalue weighted by Gasteiger charge is -2.10. The number of para-hydroxylation sites is 1. The SMILES string of the molecule is CC(C)CCOc1cc(CN)c2ccccc2n1. The van der Waals surface area contributed by atoms with Crippen LogP contribution in [0.1, 0.15) is 25.8 Å². The minimum Gasteiger partial charge on any atom is -0.478 e. The molecule has 0 saturated carbocycles. The van der Waals surface area contributed by atoms with Crippen molar-refractivity contribution in [3.05, 3.63) is 35.9 Å². The molecule has 1 aromatic heterocycles. The first-order valence-corrected chi connectivity index (χ1v) is 6.42. The molecule has 0 amide bonds. The van der Waals surface area contributed by atoms with E-state index < -0.39 is 0 Å². The van der Waals surface area contributed by atoms with Crippen LogP contribution in [0.3, 0.4) is 0 Å². The van der Waals surface area contributed by atoms with Gasteiger partial charge in [0.1, 0.15) is 0 Å². The number of fused-ring (bicyclic) bond motifs is 1. The van der Waals surface area contributed by atoms with Crippen molar-refractivity contribution in [2.45, 2.75) is 26.8 Å². The van der Waals surface area contributed by atoms with Crippen LogP contribution in [0, 0.1) is 5.92 Å². The number of rotatable bonds is 5. The average Bonchev–Trinajstić information content (AvgIpc) is 2.37. The highest BCUT2D eigenvalue weighted by Crippen LogP contribution is 2.21. The predicted octanol–water partition coefficient (Wildman–Crippen LogP) is 3.12. The van der Waals surface area contributed by atoms with Crippen molar-refractivity contribution >= 4 is 10.9 Å². The van der Waals surface area contributed by atoms with E-state index in [9.17, 15) is 0 Å². The third-order valence-corrected chi connectivity index (χ3v) is 2.94. The molecule has 0 aliphatic heterocycles. The highest BCUT2D eigenvalue weighted by molar-refractivity contribution is 5.82. The first kappa shape index (κ1) is 12.8. The Morgan fingerprint density at radius 3 is 2.78 bits per heavy atom.